The lowest BCUT2D eigenvalue weighted by Crippen LogP contribution is -2.53. The number of halogens is 9. The number of hydrogen-bond acceptors (Lipinski definition) is 4. The Hall–Kier alpha value is -1.79. The third-order valence-corrected chi connectivity index (χ3v) is 4.12. The molecule has 0 amide bonds. The Morgan fingerprint density at radius 1 is 1.04 bits per heavy atom. The molecule has 0 saturated carbocycles. The maximum atomic E-state index is 13.5. The highest BCUT2D eigenvalue weighted by atomic mass is 19.4. The van der Waals surface area contributed by atoms with Crippen LogP contribution in [0.5, 0.6) is 0 Å². The summed E-state index contributed by atoms with van der Waals surface area (Å²) in [5.74, 6) is -16.0. The maximum Gasteiger partial charge on any atom is 0.460 e. The van der Waals surface area contributed by atoms with E-state index in [2.05, 4.69) is 9.98 Å². The molecule has 0 N–H and O–H groups in total. The van der Waals surface area contributed by atoms with Crippen LogP contribution in [0.25, 0.3) is 0 Å². The molecule has 2 aliphatic heterocycles. The molecule has 0 fully saturated rings. The molecule has 0 aromatic carbocycles. The van der Waals surface area contributed by atoms with E-state index in [1.165, 1.54) is 6.08 Å². The van der Waals surface area contributed by atoms with Gasteiger partial charge in [-0.15, -0.1) is 0 Å². The van der Waals surface area contributed by atoms with Gasteiger partial charge >= 0.3 is 24.1 Å². The van der Waals surface area contributed by atoms with E-state index in [1.807, 2.05) is 0 Å². The van der Waals surface area contributed by atoms with Gasteiger partial charge in [0.2, 0.25) is 5.90 Å². The van der Waals surface area contributed by atoms with Crippen molar-refractivity contribution in [1.82, 2.24) is 4.90 Å². The molecule has 2 rings (SSSR count). The third kappa shape index (κ3) is 4.61. The second kappa shape index (κ2) is 7.56. The van der Waals surface area contributed by atoms with Gasteiger partial charge in [-0.05, 0) is 12.0 Å². The van der Waals surface area contributed by atoms with E-state index in [-0.39, 0.29) is 42.7 Å². The standard InChI is InChI=1S/C15H16F9N3O/c1-12(16,17)14(20,21)13(18,19)4-6-28-11-10(25-8-26-11)9-3-2-5-27(7-9)15(22,23)24/h3H,2,4-8H2,1H3. The van der Waals surface area contributed by atoms with Crippen molar-refractivity contribution in [2.45, 2.75) is 43.8 Å². The highest BCUT2D eigenvalue weighted by Crippen LogP contribution is 2.47. The van der Waals surface area contributed by atoms with Gasteiger partial charge < -0.3 is 4.74 Å². The third-order valence-electron chi connectivity index (χ3n) is 4.12. The molecule has 0 atom stereocenters. The molecule has 0 aromatic heterocycles. The van der Waals surface area contributed by atoms with E-state index in [9.17, 15) is 39.5 Å². The van der Waals surface area contributed by atoms with Crippen molar-refractivity contribution in [2.75, 3.05) is 26.4 Å². The summed E-state index contributed by atoms with van der Waals surface area (Å²) in [6, 6.07) is 0. The first-order chi connectivity index (χ1) is 12.7. The number of aliphatic imine (C=N–C) groups is 2. The quantitative estimate of drug-likeness (QED) is 0.471. The average Bonchev–Trinajstić information content (AvgIpc) is 3.01. The number of nitrogens with zero attached hydrogens (tertiary/aromatic N) is 3. The monoisotopic (exact) mass is 425 g/mol. The van der Waals surface area contributed by atoms with Gasteiger partial charge in [0.05, 0.1) is 13.0 Å². The molecule has 2 heterocycles. The number of ether oxygens (including phenoxy) is 1. The largest absolute Gasteiger partial charge is 0.476 e. The van der Waals surface area contributed by atoms with Crippen molar-refractivity contribution >= 4 is 11.6 Å². The smallest absolute Gasteiger partial charge is 0.460 e. The summed E-state index contributed by atoms with van der Waals surface area (Å²) in [4.78, 5) is 7.72. The molecule has 0 aliphatic carbocycles. The Labute approximate surface area is 153 Å². The minimum absolute atomic E-state index is 0.0387. The van der Waals surface area contributed by atoms with E-state index in [1.54, 1.807) is 0 Å². The fraction of sp³-hybridized carbons (Fsp3) is 0.733. The van der Waals surface area contributed by atoms with Crippen LogP contribution in [-0.4, -0.2) is 66.9 Å². The second-order valence-electron chi connectivity index (χ2n) is 6.28. The topological polar surface area (TPSA) is 37.2 Å². The van der Waals surface area contributed by atoms with E-state index >= 15 is 0 Å². The summed E-state index contributed by atoms with van der Waals surface area (Å²) in [6.45, 7) is -2.52. The fourth-order valence-electron chi connectivity index (χ4n) is 2.55. The van der Waals surface area contributed by atoms with Crippen LogP contribution in [0.1, 0.15) is 19.8 Å². The van der Waals surface area contributed by atoms with Crippen LogP contribution >= 0.6 is 0 Å². The molecule has 0 bridgehead atoms. The van der Waals surface area contributed by atoms with Crippen LogP contribution in [0.3, 0.4) is 0 Å². The van der Waals surface area contributed by atoms with Gasteiger partial charge in [-0.3, -0.25) is 4.99 Å². The van der Waals surface area contributed by atoms with Crippen LogP contribution in [0, 0.1) is 0 Å². The van der Waals surface area contributed by atoms with Gasteiger partial charge in [0.15, 0.2) is 0 Å². The zero-order chi connectivity index (χ0) is 21.4. The SMILES string of the molecule is CC(F)(F)C(F)(F)C(F)(F)CCOC1=NCN=C1C1=CCCN(C(F)(F)F)C1. The minimum Gasteiger partial charge on any atom is -0.476 e. The van der Waals surface area contributed by atoms with Crippen molar-refractivity contribution < 1.29 is 44.3 Å². The first kappa shape index (κ1) is 22.5. The Bertz CT molecular complexity index is 677. The van der Waals surface area contributed by atoms with Gasteiger partial charge in [-0.25, -0.2) is 9.89 Å². The summed E-state index contributed by atoms with van der Waals surface area (Å²) in [5.41, 5.74) is -0.0122. The summed E-state index contributed by atoms with van der Waals surface area (Å²) in [5, 5.41) is 0. The Morgan fingerprint density at radius 3 is 2.25 bits per heavy atom. The van der Waals surface area contributed by atoms with Crippen molar-refractivity contribution in [3.05, 3.63) is 11.6 Å². The molecule has 0 aromatic rings. The summed E-state index contributed by atoms with van der Waals surface area (Å²) >= 11 is 0. The number of hydrogen-bond donors (Lipinski definition) is 0. The zero-order valence-corrected chi connectivity index (χ0v) is 14.5. The zero-order valence-electron chi connectivity index (χ0n) is 14.5. The highest BCUT2D eigenvalue weighted by Gasteiger charge is 2.68. The normalized spacial score (nSPS) is 20.0. The fourth-order valence-corrected chi connectivity index (χ4v) is 2.55. The van der Waals surface area contributed by atoms with Crippen LogP contribution in [0.4, 0.5) is 39.5 Å². The van der Waals surface area contributed by atoms with Crippen molar-refractivity contribution in [3.63, 3.8) is 0 Å². The first-order valence-electron chi connectivity index (χ1n) is 8.03. The van der Waals surface area contributed by atoms with E-state index in [0.29, 0.717) is 0 Å². The summed E-state index contributed by atoms with van der Waals surface area (Å²) in [7, 11) is 0. The lowest BCUT2D eigenvalue weighted by atomic mass is 10.0. The predicted octanol–water partition coefficient (Wildman–Crippen LogP) is 4.28. The van der Waals surface area contributed by atoms with Gasteiger partial charge in [0.1, 0.15) is 12.4 Å². The van der Waals surface area contributed by atoms with E-state index in [4.69, 9.17) is 4.74 Å². The molecule has 0 saturated heterocycles. The molecule has 0 spiro atoms. The second-order valence-corrected chi connectivity index (χ2v) is 6.28. The average molecular weight is 425 g/mol. The lowest BCUT2D eigenvalue weighted by Gasteiger charge is -2.31. The maximum absolute atomic E-state index is 13.5. The Kier molecular flexibility index (Phi) is 6.07. The lowest BCUT2D eigenvalue weighted by molar-refractivity contribution is -0.305. The number of rotatable bonds is 6. The van der Waals surface area contributed by atoms with Gasteiger partial charge in [-0.2, -0.15) is 39.5 Å². The van der Waals surface area contributed by atoms with Crippen molar-refractivity contribution in [2.24, 2.45) is 9.98 Å². The molecule has 28 heavy (non-hydrogen) atoms. The Morgan fingerprint density at radius 2 is 1.68 bits per heavy atom. The van der Waals surface area contributed by atoms with Crippen LogP contribution < -0.4 is 0 Å². The van der Waals surface area contributed by atoms with Crippen LogP contribution in [0.2, 0.25) is 0 Å². The Balaban J connectivity index is 1.99. The molecule has 4 nitrogen and oxygen atoms in total. The summed E-state index contributed by atoms with van der Waals surface area (Å²) in [6.07, 6.45) is -4.85. The molecule has 0 radical (unpaired) electrons. The molecule has 0 unspecified atom stereocenters. The van der Waals surface area contributed by atoms with Crippen molar-refractivity contribution in [3.8, 4) is 0 Å². The number of alkyl halides is 9. The van der Waals surface area contributed by atoms with Gasteiger partial charge in [0, 0.05) is 20.0 Å². The molecular formula is C15H16F9N3O. The minimum atomic E-state index is -5.60. The molecule has 13 heteroatoms. The van der Waals surface area contributed by atoms with Crippen molar-refractivity contribution in [1.29, 1.82) is 0 Å². The highest BCUT2D eigenvalue weighted by molar-refractivity contribution is 6.46. The summed E-state index contributed by atoms with van der Waals surface area (Å²) < 4.78 is 122. The molecule has 2 aliphatic rings. The molecule has 160 valence electrons. The van der Waals surface area contributed by atoms with Crippen LogP contribution in [-0.2, 0) is 4.74 Å². The van der Waals surface area contributed by atoms with E-state index in [0.717, 1.165) is 0 Å². The van der Waals surface area contributed by atoms with Gasteiger partial charge in [-0.1, -0.05) is 6.08 Å². The molecular weight excluding hydrogens is 409 g/mol. The first-order valence-corrected chi connectivity index (χ1v) is 8.03. The van der Waals surface area contributed by atoms with Crippen LogP contribution in [0.15, 0.2) is 21.6 Å². The van der Waals surface area contributed by atoms with Gasteiger partial charge in [0.25, 0.3) is 0 Å². The predicted molar refractivity (Wildman–Crippen MR) is 81.1 cm³/mol. The van der Waals surface area contributed by atoms with E-state index < -0.39 is 49.5 Å².